The Morgan fingerprint density at radius 1 is 1.09 bits per heavy atom. The number of halogens is 4. The summed E-state index contributed by atoms with van der Waals surface area (Å²) < 4.78 is 46.3. The number of carbonyl (C=O) groups excluding carboxylic acids is 1. The first-order chi connectivity index (χ1) is 15.7. The van der Waals surface area contributed by atoms with E-state index >= 15 is 0 Å². The van der Waals surface area contributed by atoms with E-state index in [4.69, 9.17) is 4.74 Å². The van der Waals surface area contributed by atoms with Crippen molar-refractivity contribution in [2.75, 3.05) is 19.7 Å². The molecule has 2 aromatic heterocycles. The van der Waals surface area contributed by atoms with Gasteiger partial charge in [-0.3, -0.25) is 14.0 Å². The van der Waals surface area contributed by atoms with E-state index in [2.05, 4.69) is 20.9 Å². The molecule has 2 fully saturated rings. The summed E-state index contributed by atoms with van der Waals surface area (Å²) in [4.78, 5) is 30.9. The Hall–Kier alpha value is -2.72. The number of hydrogen-bond acceptors (Lipinski definition) is 4. The summed E-state index contributed by atoms with van der Waals surface area (Å²) in [6.07, 6.45) is -0.729. The Labute approximate surface area is 195 Å². The maximum absolute atomic E-state index is 13.4. The predicted octanol–water partition coefficient (Wildman–Crippen LogP) is 4.54. The second kappa shape index (κ2) is 7.95. The van der Waals surface area contributed by atoms with Crippen LogP contribution >= 0.6 is 15.9 Å². The Morgan fingerprint density at radius 3 is 2.33 bits per heavy atom. The van der Waals surface area contributed by atoms with Crippen molar-refractivity contribution in [1.82, 2.24) is 14.3 Å². The number of hydrogen-bond donors (Lipinski definition) is 0. The fraction of sp³-hybridized carbons (Fsp3) is 0.348. The average Bonchev–Trinajstić information content (AvgIpc) is 2.79. The van der Waals surface area contributed by atoms with Gasteiger partial charge in [-0.15, -0.1) is 0 Å². The lowest BCUT2D eigenvalue weighted by molar-refractivity contribution is -0.169. The number of fused-ring (bicyclic) bond motifs is 1. The maximum Gasteiger partial charge on any atom is 0.434 e. The first-order valence-electron chi connectivity index (χ1n) is 10.5. The lowest BCUT2D eigenvalue weighted by atomic mass is 9.84. The van der Waals surface area contributed by atoms with Crippen molar-refractivity contribution in [3.8, 4) is 11.1 Å². The minimum Gasteiger partial charge on any atom is -0.375 e. The van der Waals surface area contributed by atoms with Crippen molar-refractivity contribution < 1.29 is 22.7 Å². The minimum atomic E-state index is -4.78. The van der Waals surface area contributed by atoms with Gasteiger partial charge in [0.2, 0.25) is 0 Å². The van der Waals surface area contributed by atoms with Gasteiger partial charge in [-0.25, -0.2) is 4.98 Å². The number of ether oxygens (including phenoxy) is 1. The zero-order valence-electron chi connectivity index (χ0n) is 17.4. The van der Waals surface area contributed by atoms with Crippen LogP contribution in [0, 0.1) is 0 Å². The molecular formula is C23H19BrF3N3O3. The highest BCUT2D eigenvalue weighted by atomic mass is 79.9. The maximum atomic E-state index is 13.4. The van der Waals surface area contributed by atoms with Gasteiger partial charge in [0.25, 0.3) is 11.5 Å². The van der Waals surface area contributed by atoms with E-state index in [0.717, 1.165) is 30.3 Å². The third-order valence-corrected chi connectivity index (χ3v) is 7.15. The van der Waals surface area contributed by atoms with Crippen LogP contribution in [0.15, 0.2) is 51.9 Å². The fourth-order valence-corrected chi connectivity index (χ4v) is 4.94. The van der Waals surface area contributed by atoms with Crippen molar-refractivity contribution in [2.45, 2.75) is 31.0 Å². The van der Waals surface area contributed by atoms with E-state index in [1.54, 1.807) is 41.3 Å². The molecule has 0 bridgehead atoms. The highest BCUT2D eigenvalue weighted by molar-refractivity contribution is 9.10. The summed E-state index contributed by atoms with van der Waals surface area (Å²) in [6, 6.07) is 9.76. The number of pyridine rings is 1. The molecule has 2 saturated heterocycles. The number of likely N-dealkylation sites (tertiary alicyclic amines) is 1. The molecule has 0 atom stereocenters. The number of benzene rings is 1. The van der Waals surface area contributed by atoms with Crippen molar-refractivity contribution >= 4 is 27.5 Å². The summed E-state index contributed by atoms with van der Waals surface area (Å²) in [5.74, 6) is -0.0914. The summed E-state index contributed by atoms with van der Waals surface area (Å²) in [5.41, 5.74) is -0.887. The molecule has 0 N–H and O–H groups in total. The molecule has 5 rings (SSSR count). The predicted molar refractivity (Wildman–Crippen MR) is 118 cm³/mol. The monoisotopic (exact) mass is 521 g/mol. The van der Waals surface area contributed by atoms with E-state index in [0.29, 0.717) is 29.8 Å². The Morgan fingerprint density at radius 2 is 1.76 bits per heavy atom. The summed E-state index contributed by atoms with van der Waals surface area (Å²) >= 11 is 2.73. The van der Waals surface area contributed by atoms with Crippen LogP contribution in [-0.4, -0.2) is 45.5 Å². The highest BCUT2D eigenvalue weighted by Gasteiger charge is 2.42. The molecule has 0 radical (unpaired) electrons. The standard InChI is InChI=1S/C23H19BrF3N3O3/c24-17-18(23(25,26)27)28-19-16(2-1-10-30(19)21(17)32)14-3-5-15(6-4-14)20(31)29-11-7-22(8-12-29)9-13-33-22/h1-6,10H,7-9,11-13H2. The molecule has 6 nitrogen and oxygen atoms in total. The summed E-state index contributed by atoms with van der Waals surface area (Å²) in [5, 5.41) is 0. The molecule has 4 heterocycles. The van der Waals surface area contributed by atoms with Crippen LogP contribution in [0.1, 0.15) is 35.3 Å². The molecule has 10 heteroatoms. The normalized spacial score (nSPS) is 17.9. The van der Waals surface area contributed by atoms with E-state index < -0.39 is 21.9 Å². The van der Waals surface area contributed by atoms with Crippen LogP contribution in [0.5, 0.6) is 0 Å². The van der Waals surface area contributed by atoms with Gasteiger partial charge in [0, 0.05) is 30.4 Å². The average molecular weight is 522 g/mol. The van der Waals surface area contributed by atoms with Crippen LogP contribution in [0.2, 0.25) is 0 Å². The number of rotatable bonds is 2. The van der Waals surface area contributed by atoms with Crippen LogP contribution in [0.4, 0.5) is 13.2 Å². The molecule has 2 aliphatic rings. The Kier molecular flexibility index (Phi) is 5.32. The van der Waals surface area contributed by atoms with Crippen LogP contribution in [0.25, 0.3) is 16.8 Å². The van der Waals surface area contributed by atoms with Gasteiger partial charge in [-0.05, 0) is 65.0 Å². The molecule has 3 aromatic rings. The number of carbonyl (C=O) groups is 1. The quantitative estimate of drug-likeness (QED) is 0.496. The zero-order chi connectivity index (χ0) is 23.4. The SMILES string of the molecule is O=C(c1ccc(-c2cccn3c(=O)c(Br)c(C(F)(F)F)nc23)cc1)N1CCC2(CCO2)CC1. The van der Waals surface area contributed by atoms with Crippen LogP contribution in [0.3, 0.4) is 0 Å². The van der Waals surface area contributed by atoms with Gasteiger partial charge in [-0.2, -0.15) is 13.2 Å². The summed E-state index contributed by atoms with van der Waals surface area (Å²) in [7, 11) is 0. The van der Waals surface area contributed by atoms with Gasteiger partial charge >= 0.3 is 6.18 Å². The topological polar surface area (TPSA) is 63.9 Å². The number of nitrogens with zero attached hydrogens (tertiary/aromatic N) is 3. The Balaban J connectivity index is 1.45. The lowest BCUT2D eigenvalue weighted by Gasteiger charge is -2.47. The smallest absolute Gasteiger partial charge is 0.375 e. The van der Waals surface area contributed by atoms with Gasteiger partial charge in [0.15, 0.2) is 5.69 Å². The van der Waals surface area contributed by atoms with Crippen LogP contribution < -0.4 is 5.56 Å². The number of piperidine rings is 1. The van der Waals surface area contributed by atoms with E-state index in [9.17, 15) is 22.8 Å². The first-order valence-corrected chi connectivity index (χ1v) is 11.3. The van der Waals surface area contributed by atoms with Gasteiger partial charge in [0.1, 0.15) is 10.1 Å². The highest BCUT2D eigenvalue weighted by Crippen LogP contribution is 2.37. The number of amides is 1. The number of aromatic nitrogens is 2. The molecular weight excluding hydrogens is 503 g/mol. The van der Waals surface area contributed by atoms with Crippen molar-refractivity contribution in [3.63, 3.8) is 0 Å². The van der Waals surface area contributed by atoms with E-state index in [1.165, 1.54) is 6.20 Å². The van der Waals surface area contributed by atoms with Gasteiger partial charge in [0.05, 0.1) is 12.2 Å². The third kappa shape index (κ3) is 3.85. The van der Waals surface area contributed by atoms with E-state index in [-0.39, 0.29) is 17.2 Å². The molecule has 2 aliphatic heterocycles. The lowest BCUT2D eigenvalue weighted by Crippen LogP contribution is -2.53. The largest absolute Gasteiger partial charge is 0.434 e. The van der Waals surface area contributed by atoms with Gasteiger partial charge in [-0.1, -0.05) is 12.1 Å². The fourth-order valence-electron chi connectivity index (χ4n) is 4.43. The molecule has 0 aliphatic carbocycles. The van der Waals surface area contributed by atoms with Crippen molar-refractivity contribution in [1.29, 1.82) is 0 Å². The third-order valence-electron chi connectivity index (χ3n) is 6.44. The molecule has 0 saturated carbocycles. The molecule has 0 unspecified atom stereocenters. The minimum absolute atomic E-state index is 0.0512. The van der Waals surface area contributed by atoms with Crippen molar-refractivity contribution in [3.05, 3.63) is 68.7 Å². The summed E-state index contributed by atoms with van der Waals surface area (Å²) in [6.45, 7) is 2.05. The second-order valence-corrected chi connectivity index (χ2v) is 9.14. The zero-order valence-corrected chi connectivity index (χ0v) is 18.9. The molecule has 172 valence electrons. The first kappa shape index (κ1) is 22.1. The second-order valence-electron chi connectivity index (χ2n) is 8.34. The molecule has 1 spiro atoms. The molecule has 1 aromatic carbocycles. The molecule has 33 heavy (non-hydrogen) atoms. The van der Waals surface area contributed by atoms with E-state index in [1.807, 2.05) is 0 Å². The van der Waals surface area contributed by atoms with Crippen molar-refractivity contribution in [2.24, 2.45) is 0 Å². The Bertz CT molecular complexity index is 1290. The van der Waals surface area contributed by atoms with Gasteiger partial charge < -0.3 is 9.64 Å². The number of alkyl halides is 3. The van der Waals surface area contributed by atoms with Crippen LogP contribution in [-0.2, 0) is 10.9 Å². The molecule has 1 amide bonds.